The highest BCUT2D eigenvalue weighted by Gasteiger charge is 2.36. The van der Waals surface area contributed by atoms with Gasteiger partial charge in [0.05, 0.1) is 22.0 Å². The van der Waals surface area contributed by atoms with Crippen molar-refractivity contribution in [3.8, 4) is 0 Å². The number of rotatable bonds is 13. The molecule has 0 fully saturated rings. The number of carboxylic acids is 1. The summed E-state index contributed by atoms with van der Waals surface area (Å²) in [6.07, 6.45) is -3.12. The Balaban J connectivity index is 2.08. The summed E-state index contributed by atoms with van der Waals surface area (Å²) in [4.78, 5) is 52.0. The number of hydrogen-bond donors (Lipinski definition) is 4. The molecule has 0 saturated carbocycles. The van der Waals surface area contributed by atoms with E-state index < -0.39 is 92.5 Å². The second kappa shape index (κ2) is 14.6. The van der Waals surface area contributed by atoms with E-state index >= 15 is 0 Å². The van der Waals surface area contributed by atoms with E-state index in [1.54, 1.807) is 12.1 Å². The van der Waals surface area contributed by atoms with Gasteiger partial charge >= 0.3 is 18.1 Å². The average molecular weight is 651 g/mol. The first-order chi connectivity index (χ1) is 19.8. The molecule has 4 N–H and O–H groups in total. The van der Waals surface area contributed by atoms with Gasteiger partial charge in [0.15, 0.2) is 0 Å². The molecule has 0 aliphatic rings. The SMILES string of the molecule is CC(C)(C)OC(=O)[C@H](CCC(=O)NCC(=O)N[C@@H](Cc1ccncc1)C(=O)O)NS(=O)(=O)c1ccc(Cl)c(C(F)(F)F)c1. The summed E-state index contributed by atoms with van der Waals surface area (Å²) in [5.41, 5.74) is -1.90. The summed E-state index contributed by atoms with van der Waals surface area (Å²) >= 11 is 5.56. The Morgan fingerprint density at radius 1 is 1.02 bits per heavy atom. The minimum Gasteiger partial charge on any atom is -0.480 e. The number of nitrogens with zero attached hydrogens (tertiary/aromatic N) is 1. The van der Waals surface area contributed by atoms with Crippen LogP contribution in [-0.4, -0.2) is 66.5 Å². The van der Waals surface area contributed by atoms with Crippen LogP contribution in [0.3, 0.4) is 0 Å². The number of alkyl halides is 3. The van der Waals surface area contributed by atoms with E-state index in [-0.39, 0.29) is 6.42 Å². The van der Waals surface area contributed by atoms with Crippen LogP contribution in [0.2, 0.25) is 5.02 Å². The van der Waals surface area contributed by atoms with Crippen LogP contribution in [0.4, 0.5) is 13.2 Å². The standard InChI is InChI=1S/C26H30ClF3N4O8S/c1-25(2,3)42-24(39)19(34-43(40,41)16-4-5-18(27)17(13-16)26(28,29)30)6-7-21(35)32-14-22(36)33-20(23(37)38)12-15-8-10-31-11-9-15/h4-5,8-11,13,19-20,34H,6-7,12,14H2,1-3H3,(H,32,35)(H,33,36)(H,37,38)/t19-,20-/m0/s1. The summed E-state index contributed by atoms with van der Waals surface area (Å²) < 4.78 is 72.8. The molecule has 12 nitrogen and oxygen atoms in total. The van der Waals surface area contributed by atoms with E-state index in [4.69, 9.17) is 16.3 Å². The van der Waals surface area contributed by atoms with Gasteiger partial charge in [-0.05, 0) is 63.1 Å². The van der Waals surface area contributed by atoms with E-state index in [0.717, 1.165) is 12.1 Å². The van der Waals surface area contributed by atoms with Crippen LogP contribution in [0, 0.1) is 0 Å². The van der Waals surface area contributed by atoms with Gasteiger partial charge < -0.3 is 20.5 Å². The van der Waals surface area contributed by atoms with Gasteiger partial charge in [-0.25, -0.2) is 13.2 Å². The third-order valence-corrected chi connectivity index (χ3v) is 7.27. The van der Waals surface area contributed by atoms with Gasteiger partial charge in [-0.15, -0.1) is 0 Å². The maximum Gasteiger partial charge on any atom is 0.417 e. The molecule has 43 heavy (non-hydrogen) atoms. The highest BCUT2D eigenvalue weighted by Crippen LogP contribution is 2.36. The number of halogens is 4. The number of carbonyl (C=O) groups is 4. The fourth-order valence-corrected chi connectivity index (χ4v) is 4.95. The number of sulfonamides is 1. The lowest BCUT2D eigenvalue weighted by molar-refractivity contribution is -0.157. The maximum absolute atomic E-state index is 13.3. The van der Waals surface area contributed by atoms with Crippen LogP contribution in [0.5, 0.6) is 0 Å². The van der Waals surface area contributed by atoms with Gasteiger partial charge in [0.1, 0.15) is 17.7 Å². The van der Waals surface area contributed by atoms with Crippen molar-refractivity contribution in [1.82, 2.24) is 20.3 Å². The number of benzene rings is 1. The van der Waals surface area contributed by atoms with E-state index in [1.807, 2.05) is 4.72 Å². The lowest BCUT2D eigenvalue weighted by atomic mass is 10.1. The van der Waals surface area contributed by atoms with Gasteiger partial charge in [0.25, 0.3) is 0 Å². The molecule has 0 bridgehead atoms. The molecular formula is C26H30ClF3N4O8S. The van der Waals surface area contributed by atoms with Crippen molar-refractivity contribution in [2.45, 2.75) is 68.8 Å². The normalized spacial score (nSPS) is 13.5. The molecule has 0 radical (unpaired) electrons. The Labute approximate surface area is 250 Å². The highest BCUT2D eigenvalue weighted by molar-refractivity contribution is 7.89. The van der Waals surface area contributed by atoms with Crippen LogP contribution in [0.25, 0.3) is 0 Å². The Hall–Kier alpha value is -3.76. The van der Waals surface area contributed by atoms with Crippen molar-refractivity contribution in [2.24, 2.45) is 0 Å². The average Bonchev–Trinajstić information content (AvgIpc) is 2.88. The first kappa shape index (κ1) is 35.4. The van der Waals surface area contributed by atoms with Gasteiger partial charge in [0.2, 0.25) is 21.8 Å². The number of carboxylic acid groups (broad SMARTS) is 1. The zero-order chi connectivity index (χ0) is 32.6. The Morgan fingerprint density at radius 3 is 2.21 bits per heavy atom. The molecule has 2 atom stereocenters. The van der Waals surface area contributed by atoms with Crippen molar-refractivity contribution in [1.29, 1.82) is 0 Å². The van der Waals surface area contributed by atoms with Crippen molar-refractivity contribution in [3.05, 3.63) is 58.9 Å². The Morgan fingerprint density at radius 2 is 1.65 bits per heavy atom. The maximum atomic E-state index is 13.3. The van der Waals surface area contributed by atoms with Gasteiger partial charge in [-0.2, -0.15) is 17.9 Å². The number of esters is 1. The number of pyridine rings is 1. The Bertz CT molecular complexity index is 1430. The molecule has 0 spiro atoms. The van der Waals surface area contributed by atoms with Crippen LogP contribution < -0.4 is 15.4 Å². The minimum atomic E-state index is -4.96. The predicted octanol–water partition coefficient (Wildman–Crippen LogP) is 2.45. The minimum absolute atomic E-state index is 0.0483. The zero-order valence-corrected chi connectivity index (χ0v) is 24.8. The molecule has 1 heterocycles. The van der Waals surface area contributed by atoms with Gasteiger partial charge in [-0.3, -0.25) is 19.4 Å². The lowest BCUT2D eigenvalue weighted by Crippen LogP contribution is -2.47. The lowest BCUT2D eigenvalue weighted by Gasteiger charge is -2.24. The number of ether oxygens (including phenoxy) is 1. The summed E-state index contributed by atoms with van der Waals surface area (Å²) in [5, 5.41) is 13.2. The molecule has 0 unspecified atom stereocenters. The van der Waals surface area contributed by atoms with E-state index in [9.17, 15) is 45.9 Å². The summed E-state index contributed by atoms with van der Waals surface area (Å²) in [7, 11) is -4.75. The number of nitrogens with one attached hydrogen (secondary N) is 3. The third kappa shape index (κ3) is 11.8. The van der Waals surface area contributed by atoms with Crippen LogP contribution in [0.1, 0.15) is 44.7 Å². The molecule has 1 aromatic carbocycles. The van der Waals surface area contributed by atoms with E-state index in [1.165, 1.54) is 33.2 Å². The number of aromatic nitrogens is 1. The second-order valence-electron chi connectivity index (χ2n) is 10.2. The first-order valence-electron chi connectivity index (χ1n) is 12.6. The highest BCUT2D eigenvalue weighted by atomic mass is 35.5. The van der Waals surface area contributed by atoms with E-state index in [2.05, 4.69) is 15.6 Å². The molecule has 0 aliphatic heterocycles. The van der Waals surface area contributed by atoms with E-state index in [0.29, 0.717) is 11.6 Å². The Kier molecular flexibility index (Phi) is 12.0. The topological polar surface area (TPSA) is 181 Å². The quantitative estimate of drug-likeness (QED) is 0.237. The molecule has 2 aromatic rings. The summed E-state index contributed by atoms with van der Waals surface area (Å²) in [6, 6.07) is 2.00. The number of carbonyl (C=O) groups excluding carboxylic acids is 3. The predicted molar refractivity (Wildman–Crippen MR) is 146 cm³/mol. The summed E-state index contributed by atoms with van der Waals surface area (Å²) in [6.45, 7) is 3.85. The number of hydrogen-bond acceptors (Lipinski definition) is 8. The van der Waals surface area contributed by atoms with Crippen LogP contribution in [-0.2, 0) is 46.5 Å². The third-order valence-electron chi connectivity index (χ3n) is 5.47. The number of aliphatic carboxylic acids is 1. The van der Waals surface area contributed by atoms with Gasteiger partial charge in [0, 0.05) is 25.2 Å². The van der Waals surface area contributed by atoms with Gasteiger partial charge in [-0.1, -0.05) is 11.6 Å². The first-order valence-corrected chi connectivity index (χ1v) is 14.4. The molecule has 17 heteroatoms. The van der Waals surface area contributed by atoms with Crippen LogP contribution >= 0.6 is 11.6 Å². The van der Waals surface area contributed by atoms with Crippen LogP contribution in [0.15, 0.2) is 47.6 Å². The monoisotopic (exact) mass is 650 g/mol. The molecule has 0 aliphatic carbocycles. The zero-order valence-electron chi connectivity index (χ0n) is 23.2. The van der Waals surface area contributed by atoms with Crippen molar-refractivity contribution >= 4 is 45.4 Å². The van der Waals surface area contributed by atoms with Crippen molar-refractivity contribution in [2.75, 3.05) is 6.54 Å². The largest absolute Gasteiger partial charge is 0.480 e. The smallest absolute Gasteiger partial charge is 0.417 e. The van der Waals surface area contributed by atoms with Crippen molar-refractivity contribution in [3.63, 3.8) is 0 Å². The molecule has 1 aromatic heterocycles. The summed E-state index contributed by atoms with van der Waals surface area (Å²) in [5.74, 6) is -4.06. The fraction of sp³-hybridized carbons (Fsp3) is 0.423. The molecular weight excluding hydrogens is 621 g/mol. The number of amides is 2. The molecule has 2 amide bonds. The molecule has 2 rings (SSSR count). The van der Waals surface area contributed by atoms with Crippen molar-refractivity contribution < 1.29 is 50.6 Å². The molecule has 0 saturated heterocycles. The second-order valence-corrected chi connectivity index (χ2v) is 12.3. The fourth-order valence-electron chi connectivity index (χ4n) is 3.48. The molecule has 236 valence electrons.